The molecule has 1 atom stereocenters. The summed E-state index contributed by atoms with van der Waals surface area (Å²) in [4.78, 5) is 4.06. The molecule has 0 spiro atoms. The molecule has 3 heteroatoms. The summed E-state index contributed by atoms with van der Waals surface area (Å²) < 4.78 is 0. The van der Waals surface area contributed by atoms with Crippen LogP contribution in [-0.4, -0.2) is 23.2 Å². The van der Waals surface area contributed by atoms with Gasteiger partial charge in [0, 0.05) is 11.1 Å². The Bertz CT molecular complexity index is 86.4. The largest absolute Gasteiger partial charge is 0.285 e. The molecule has 46 valence electrons. The molecular formula is C5H8ClNS. The molecular weight excluding hydrogens is 142 g/mol. The molecule has 0 amide bonds. The Kier molecular flexibility index (Phi) is 2.70. The lowest BCUT2D eigenvalue weighted by molar-refractivity contribution is 0.849. The first-order valence-corrected chi connectivity index (χ1v) is 4.11. The molecule has 1 nitrogen and oxygen atoms in total. The highest BCUT2D eigenvalue weighted by Crippen LogP contribution is 2.17. The van der Waals surface area contributed by atoms with Gasteiger partial charge in [0.15, 0.2) is 0 Å². The second-order valence-corrected chi connectivity index (χ2v) is 3.23. The molecule has 8 heavy (non-hydrogen) atoms. The van der Waals surface area contributed by atoms with Crippen LogP contribution in [0.3, 0.4) is 0 Å². The molecule has 0 aliphatic carbocycles. The van der Waals surface area contributed by atoms with Gasteiger partial charge in [0.2, 0.25) is 0 Å². The fourth-order valence-corrected chi connectivity index (χ4v) is 1.78. The smallest absolute Gasteiger partial charge is 0.0544 e. The van der Waals surface area contributed by atoms with E-state index in [-0.39, 0.29) is 0 Å². The molecule has 0 saturated heterocycles. The van der Waals surface area contributed by atoms with Gasteiger partial charge in [-0.2, -0.15) is 0 Å². The lowest BCUT2D eigenvalue weighted by Gasteiger charge is -2.00. The molecule has 1 aliphatic heterocycles. The van der Waals surface area contributed by atoms with Gasteiger partial charge in [-0.25, -0.2) is 0 Å². The van der Waals surface area contributed by atoms with Crippen molar-refractivity contribution >= 4 is 28.9 Å². The van der Waals surface area contributed by atoms with Gasteiger partial charge in [-0.1, -0.05) is 0 Å². The summed E-state index contributed by atoms with van der Waals surface area (Å²) in [5.74, 6) is 0.765. The van der Waals surface area contributed by atoms with E-state index in [1.54, 1.807) is 11.8 Å². The Hall–Kier alpha value is 0.310. The van der Waals surface area contributed by atoms with E-state index in [2.05, 4.69) is 4.99 Å². The Morgan fingerprint density at radius 2 is 2.75 bits per heavy atom. The monoisotopic (exact) mass is 149 g/mol. The summed E-state index contributed by atoms with van der Waals surface area (Å²) in [5.41, 5.74) is 1.91. The topological polar surface area (TPSA) is 12.4 Å². The molecule has 1 unspecified atom stereocenters. The molecule has 0 aromatic carbocycles. The molecule has 0 radical (unpaired) electrons. The average molecular weight is 150 g/mol. The summed E-state index contributed by atoms with van der Waals surface area (Å²) in [6, 6.07) is 0. The van der Waals surface area contributed by atoms with Gasteiger partial charge in [-0.15, -0.1) is 23.4 Å². The van der Waals surface area contributed by atoms with Gasteiger partial charge >= 0.3 is 0 Å². The van der Waals surface area contributed by atoms with Gasteiger partial charge in [0.05, 0.1) is 12.1 Å². The van der Waals surface area contributed by atoms with Crippen LogP contribution in [0, 0.1) is 0 Å². The maximum atomic E-state index is 5.51. The first-order chi connectivity index (χ1) is 3.93. The van der Waals surface area contributed by atoms with E-state index in [0.717, 1.165) is 18.8 Å². The average Bonchev–Trinajstić information content (AvgIpc) is 2.19. The van der Waals surface area contributed by atoms with Crippen molar-refractivity contribution in [2.45, 2.75) is 11.7 Å². The first kappa shape index (κ1) is 6.43. The second kappa shape index (κ2) is 3.36. The zero-order valence-electron chi connectivity index (χ0n) is 4.51. The highest BCUT2D eigenvalue weighted by Gasteiger charge is 2.09. The van der Waals surface area contributed by atoms with Crippen LogP contribution in [0.4, 0.5) is 0 Å². The fourth-order valence-electron chi connectivity index (χ4n) is 0.614. The number of aliphatic imine (C=N–C) groups is 1. The van der Waals surface area contributed by atoms with Crippen molar-refractivity contribution in [1.82, 2.24) is 0 Å². The van der Waals surface area contributed by atoms with Crippen molar-refractivity contribution in [2.75, 3.05) is 12.4 Å². The summed E-state index contributed by atoms with van der Waals surface area (Å²) in [6.45, 7) is 0.970. The molecule has 1 rings (SSSR count). The minimum absolute atomic E-state index is 0.674. The van der Waals surface area contributed by atoms with Crippen molar-refractivity contribution in [3.63, 3.8) is 0 Å². The molecule has 0 bridgehead atoms. The van der Waals surface area contributed by atoms with Crippen molar-refractivity contribution in [1.29, 1.82) is 0 Å². The number of hydrogen-bond donors (Lipinski definition) is 0. The van der Waals surface area contributed by atoms with Crippen molar-refractivity contribution < 1.29 is 0 Å². The van der Waals surface area contributed by atoms with E-state index in [1.165, 1.54) is 0 Å². The van der Waals surface area contributed by atoms with Crippen LogP contribution >= 0.6 is 23.4 Å². The van der Waals surface area contributed by atoms with Gasteiger partial charge in [0.25, 0.3) is 0 Å². The number of thioether (sulfide) groups is 1. The second-order valence-electron chi connectivity index (χ2n) is 1.71. The van der Waals surface area contributed by atoms with Gasteiger partial charge < -0.3 is 0 Å². The molecule has 1 heterocycles. The minimum atomic E-state index is 0.674. The maximum absolute atomic E-state index is 5.51. The number of halogens is 1. The molecule has 0 N–H and O–H groups in total. The van der Waals surface area contributed by atoms with Crippen LogP contribution in [0.5, 0.6) is 0 Å². The van der Waals surface area contributed by atoms with Crippen LogP contribution in [-0.2, 0) is 0 Å². The predicted octanol–water partition coefficient (Wildman–Crippen LogP) is 1.76. The van der Waals surface area contributed by atoms with Crippen LogP contribution in [0.2, 0.25) is 0 Å². The van der Waals surface area contributed by atoms with E-state index in [1.807, 2.05) is 5.55 Å². The molecule has 0 saturated carbocycles. The zero-order chi connectivity index (χ0) is 5.82. The van der Waals surface area contributed by atoms with Crippen LogP contribution in [0.1, 0.15) is 6.42 Å². The summed E-state index contributed by atoms with van der Waals surface area (Å²) in [7, 11) is 0. The van der Waals surface area contributed by atoms with Crippen molar-refractivity contribution in [2.24, 2.45) is 4.99 Å². The quantitative estimate of drug-likeness (QED) is 0.545. The number of nitrogens with zero attached hydrogens (tertiary/aromatic N) is 1. The molecule has 0 aromatic rings. The molecule has 0 aromatic heterocycles. The highest BCUT2D eigenvalue weighted by molar-refractivity contribution is 8.12. The SMILES string of the molecule is ClCCC1CN=CS1. The summed E-state index contributed by atoms with van der Waals surface area (Å²) >= 11 is 7.30. The standard InChI is InChI=1S/C5H8ClNS/c6-2-1-5-3-7-4-8-5/h4-5H,1-3H2. The van der Waals surface area contributed by atoms with Crippen molar-refractivity contribution in [3.05, 3.63) is 0 Å². The lowest BCUT2D eigenvalue weighted by atomic mass is 10.3. The predicted molar refractivity (Wildman–Crippen MR) is 40.1 cm³/mol. The highest BCUT2D eigenvalue weighted by atomic mass is 35.5. The lowest BCUT2D eigenvalue weighted by Crippen LogP contribution is -2.02. The Labute approximate surface area is 58.5 Å². The van der Waals surface area contributed by atoms with E-state index in [4.69, 9.17) is 11.6 Å². The number of alkyl halides is 1. The van der Waals surface area contributed by atoms with E-state index in [0.29, 0.717) is 5.25 Å². The molecule has 1 aliphatic rings. The Morgan fingerprint density at radius 1 is 1.88 bits per heavy atom. The van der Waals surface area contributed by atoms with E-state index < -0.39 is 0 Å². The molecule has 0 fully saturated rings. The Balaban J connectivity index is 2.10. The number of hydrogen-bond acceptors (Lipinski definition) is 2. The third kappa shape index (κ3) is 1.67. The van der Waals surface area contributed by atoms with Crippen LogP contribution < -0.4 is 0 Å². The van der Waals surface area contributed by atoms with E-state index >= 15 is 0 Å². The van der Waals surface area contributed by atoms with E-state index in [9.17, 15) is 0 Å². The van der Waals surface area contributed by atoms with Crippen LogP contribution in [0.15, 0.2) is 4.99 Å². The zero-order valence-corrected chi connectivity index (χ0v) is 6.08. The van der Waals surface area contributed by atoms with Gasteiger partial charge in [0.1, 0.15) is 0 Å². The van der Waals surface area contributed by atoms with Gasteiger partial charge in [-0.05, 0) is 6.42 Å². The summed E-state index contributed by atoms with van der Waals surface area (Å²) in [6.07, 6.45) is 1.09. The van der Waals surface area contributed by atoms with Crippen LogP contribution in [0.25, 0.3) is 0 Å². The summed E-state index contributed by atoms with van der Waals surface area (Å²) in [5, 5.41) is 0.674. The minimum Gasteiger partial charge on any atom is -0.285 e. The maximum Gasteiger partial charge on any atom is 0.0544 e. The van der Waals surface area contributed by atoms with Crippen molar-refractivity contribution in [3.8, 4) is 0 Å². The van der Waals surface area contributed by atoms with Gasteiger partial charge in [-0.3, -0.25) is 4.99 Å². The first-order valence-electron chi connectivity index (χ1n) is 2.63. The normalized spacial score (nSPS) is 26.9. The Morgan fingerprint density at radius 3 is 3.25 bits per heavy atom. The third-order valence-corrected chi connectivity index (χ3v) is 2.33. The number of rotatable bonds is 2. The third-order valence-electron chi connectivity index (χ3n) is 1.07. The fraction of sp³-hybridized carbons (Fsp3) is 0.800.